The lowest BCUT2D eigenvalue weighted by Crippen LogP contribution is -2.27. The molecule has 0 aliphatic carbocycles. The molecule has 0 saturated carbocycles. The summed E-state index contributed by atoms with van der Waals surface area (Å²) in [5, 5.41) is 9.41. The third-order valence-corrected chi connectivity index (χ3v) is 3.77. The van der Waals surface area contributed by atoms with Crippen molar-refractivity contribution in [1.82, 2.24) is 10.2 Å². The molecule has 0 N–H and O–H groups in total. The van der Waals surface area contributed by atoms with Crippen LogP contribution in [-0.4, -0.2) is 22.9 Å². The number of carbonyl (C=O) groups is 1. The van der Waals surface area contributed by atoms with E-state index in [4.69, 9.17) is 9.47 Å². The zero-order chi connectivity index (χ0) is 14.1. The number of amides is 1. The van der Waals surface area contributed by atoms with Gasteiger partial charge in [-0.1, -0.05) is 17.4 Å². The van der Waals surface area contributed by atoms with Crippen LogP contribution in [0.15, 0.2) is 18.2 Å². The number of benzene rings is 1. The molecular weight excluding hydrogens is 278 g/mol. The van der Waals surface area contributed by atoms with Gasteiger partial charge in [0.15, 0.2) is 11.5 Å². The normalized spacial score (nSPS) is 12.5. The van der Waals surface area contributed by atoms with Crippen LogP contribution in [0.5, 0.6) is 11.5 Å². The van der Waals surface area contributed by atoms with Gasteiger partial charge < -0.3 is 9.47 Å². The summed E-state index contributed by atoms with van der Waals surface area (Å²) < 4.78 is 10.6. The maximum atomic E-state index is 11.8. The average molecular weight is 291 g/mol. The van der Waals surface area contributed by atoms with E-state index in [0.29, 0.717) is 17.4 Å². The van der Waals surface area contributed by atoms with Crippen LogP contribution < -0.4 is 14.4 Å². The fourth-order valence-corrected chi connectivity index (χ4v) is 2.66. The van der Waals surface area contributed by atoms with Gasteiger partial charge in [0, 0.05) is 6.92 Å². The smallest absolute Gasteiger partial charge is 0.231 e. The van der Waals surface area contributed by atoms with Crippen LogP contribution in [0.1, 0.15) is 17.5 Å². The summed E-state index contributed by atoms with van der Waals surface area (Å²) in [6.07, 6.45) is 0. The van der Waals surface area contributed by atoms with Gasteiger partial charge in [0.25, 0.3) is 0 Å². The van der Waals surface area contributed by atoms with Crippen molar-refractivity contribution in [2.45, 2.75) is 20.4 Å². The number of hydrogen-bond donors (Lipinski definition) is 0. The molecule has 0 atom stereocenters. The number of nitrogens with zero attached hydrogens (tertiary/aromatic N) is 3. The molecule has 0 spiro atoms. The van der Waals surface area contributed by atoms with Crippen LogP contribution in [0.4, 0.5) is 5.13 Å². The summed E-state index contributed by atoms with van der Waals surface area (Å²) in [4.78, 5) is 13.4. The van der Waals surface area contributed by atoms with E-state index in [9.17, 15) is 4.79 Å². The number of rotatable bonds is 3. The van der Waals surface area contributed by atoms with Crippen LogP contribution in [0.25, 0.3) is 0 Å². The minimum Gasteiger partial charge on any atom is -0.454 e. The lowest BCUT2D eigenvalue weighted by Gasteiger charge is -2.17. The van der Waals surface area contributed by atoms with Gasteiger partial charge in [0.05, 0.1) is 6.54 Å². The first-order valence-electron chi connectivity index (χ1n) is 6.10. The van der Waals surface area contributed by atoms with E-state index >= 15 is 0 Å². The number of aromatic nitrogens is 2. The second kappa shape index (κ2) is 5.09. The Morgan fingerprint density at radius 1 is 1.35 bits per heavy atom. The Kier molecular flexibility index (Phi) is 3.27. The van der Waals surface area contributed by atoms with Crippen molar-refractivity contribution in [3.05, 3.63) is 28.8 Å². The van der Waals surface area contributed by atoms with Crippen LogP contribution in [-0.2, 0) is 11.3 Å². The quantitative estimate of drug-likeness (QED) is 0.866. The SMILES string of the molecule is CC(=O)N(Cc1ccc2c(c1)OCO2)c1nnc(C)s1. The molecule has 104 valence electrons. The molecule has 2 heterocycles. The molecule has 3 rings (SSSR count). The highest BCUT2D eigenvalue weighted by Crippen LogP contribution is 2.33. The van der Waals surface area contributed by atoms with Crippen LogP contribution >= 0.6 is 11.3 Å². The third kappa shape index (κ3) is 2.44. The predicted molar refractivity (Wildman–Crippen MR) is 74.1 cm³/mol. The number of anilines is 1. The number of carbonyl (C=O) groups excluding carboxylic acids is 1. The van der Waals surface area contributed by atoms with Gasteiger partial charge >= 0.3 is 0 Å². The first kappa shape index (κ1) is 12.9. The molecule has 0 unspecified atom stereocenters. The second-order valence-electron chi connectivity index (χ2n) is 4.40. The third-order valence-electron chi connectivity index (χ3n) is 2.90. The molecule has 0 bridgehead atoms. The Morgan fingerprint density at radius 2 is 2.15 bits per heavy atom. The van der Waals surface area contributed by atoms with E-state index in [1.54, 1.807) is 4.90 Å². The molecule has 0 fully saturated rings. The van der Waals surface area contributed by atoms with Gasteiger partial charge in [0.1, 0.15) is 5.01 Å². The molecule has 0 radical (unpaired) electrons. The fraction of sp³-hybridized carbons (Fsp3) is 0.308. The maximum absolute atomic E-state index is 11.8. The Bertz CT molecular complexity index is 656. The molecule has 0 saturated heterocycles. The van der Waals surface area contributed by atoms with Gasteiger partial charge in [-0.05, 0) is 24.6 Å². The molecule has 1 aromatic heterocycles. The lowest BCUT2D eigenvalue weighted by molar-refractivity contribution is -0.116. The highest BCUT2D eigenvalue weighted by Gasteiger charge is 2.19. The zero-order valence-electron chi connectivity index (χ0n) is 11.1. The van der Waals surface area contributed by atoms with Crippen molar-refractivity contribution in [3.8, 4) is 11.5 Å². The number of hydrogen-bond acceptors (Lipinski definition) is 6. The molecule has 20 heavy (non-hydrogen) atoms. The van der Waals surface area contributed by atoms with Crippen molar-refractivity contribution in [3.63, 3.8) is 0 Å². The first-order chi connectivity index (χ1) is 9.63. The van der Waals surface area contributed by atoms with E-state index in [0.717, 1.165) is 16.3 Å². The molecule has 1 amide bonds. The van der Waals surface area contributed by atoms with Gasteiger partial charge in [-0.2, -0.15) is 0 Å². The Morgan fingerprint density at radius 3 is 2.85 bits per heavy atom. The summed E-state index contributed by atoms with van der Waals surface area (Å²) in [5.74, 6) is 1.37. The maximum Gasteiger partial charge on any atom is 0.231 e. The summed E-state index contributed by atoms with van der Waals surface area (Å²) in [6, 6.07) is 5.64. The molecule has 1 aliphatic rings. The van der Waals surface area contributed by atoms with Crippen molar-refractivity contribution >= 4 is 22.4 Å². The molecule has 1 aliphatic heterocycles. The van der Waals surface area contributed by atoms with Gasteiger partial charge in [-0.15, -0.1) is 10.2 Å². The average Bonchev–Trinajstić information content (AvgIpc) is 3.03. The largest absolute Gasteiger partial charge is 0.454 e. The van der Waals surface area contributed by atoms with E-state index in [1.165, 1.54) is 18.3 Å². The molecular formula is C13H13N3O3S. The fourth-order valence-electron chi connectivity index (χ4n) is 1.93. The monoisotopic (exact) mass is 291 g/mol. The Hall–Kier alpha value is -2.15. The van der Waals surface area contributed by atoms with E-state index < -0.39 is 0 Å². The van der Waals surface area contributed by atoms with E-state index in [1.807, 2.05) is 25.1 Å². The lowest BCUT2D eigenvalue weighted by atomic mass is 10.2. The first-order valence-corrected chi connectivity index (χ1v) is 6.92. The number of ether oxygens (including phenoxy) is 2. The Labute approximate surface area is 120 Å². The second-order valence-corrected chi connectivity index (χ2v) is 5.56. The summed E-state index contributed by atoms with van der Waals surface area (Å²) in [7, 11) is 0. The molecule has 6 nitrogen and oxygen atoms in total. The predicted octanol–water partition coefficient (Wildman–Crippen LogP) is 2.13. The zero-order valence-corrected chi connectivity index (χ0v) is 11.9. The highest BCUT2D eigenvalue weighted by atomic mass is 32.1. The summed E-state index contributed by atoms with van der Waals surface area (Å²) >= 11 is 1.40. The minimum absolute atomic E-state index is 0.0705. The van der Waals surface area contributed by atoms with E-state index in [2.05, 4.69) is 10.2 Å². The Balaban J connectivity index is 1.85. The molecule has 2 aromatic rings. The topological polar surface area (TPSA) is 64.6 Å². The van der Waals surface area contributed by atoms with Crippen molar-refractivity contribution < 1.29 is 14.3 Å². The standard InChI is InChI=1S/C13H13N3O3S/c1-8-14-15-13(20-8)16(9(2)17)6-10-3-4-11-12(5-10)19-7-18-11/h3-5H,6-7H2,1-2H3. The minimum atomic E-state index is -0.0705. The summed E-state index contributed by atoms with van der Waals surface area (Å²) in [6.45, 7) is 4.05. The van der Waals surface area contributed by atoms with Crippen LogP contribution in [0, 0.1) is 6.92 Å². The van der Waals surface area contributed by atoms with Gasteiger partial charge in [-0.25, -0.2) is 0 Å². The summed E-state index contributed by atoms with van der Waals surface area (Å²) in [5.41, 5.74) is 0.956. The highest BCUT2D eigenvalue weighted by molar-refractivity contribution is 7.15. The number of aryl methyl sites for hydroxylation is 1. The van der Waals surface area contributed by atoms with Crippen molar-refractivity contribution in [2.24, 2.45) is 0 Å². The number of fused-ring (bicyclic) bond motifs is 1. The molecule has 1 aromatic carbocycles. The van der Waals surface area contributed by atoms with Gasteiger partial charge in [0.2, 0.25) is 17.8 Å². The van der Waals surface area contributed by atoms with Gasteiger partial charge in [-0.3, -0.25) is 9.69 Å². The van der Waals surface area contributed by atoms with Crippen molar-refractivity contribution in [1.29, 1.82) is 0 Å². The molecule has 7 heteroatoms. The van der Waals surface area contributed by atoms with Crippen LogP contribution in [0.3, 0.4) is 0 Å². The van der Waals surface area contributed by atoms with Crippen LogP contribution in [0.2, 0.25) is 0 Å². The van der Waals surface area contributed by atoms with Crippen molar-refractivity contribution in [2.75, 3.05) is 11.7 Å². The van der Waals surface area contributed by atoms with E-state index in [-0.39, 0.29) is 12.7 Å².